The Hall–Kier alpha value is -2.56. The summed E-state index contributed by atoms with van der Waals surface area (Å²) in [7, 11) is 0. The number of carbonyl (C=O) groups is 1. The molecule has 1 aromatic heterocycles. The second kappa shape index (κ2) is 5.39. The molecule has 1 atom stereocenters. The van der Waals surface area contributed by atoms with Crippen molar-refractivity contribution in [2.75, 3.05) is 0 Å². The molecule has 98 valence electrons. The first-order chi connectivity index (χ1) is 9.08. The first-order valence-corrected chi connectivity index (χ1v) is 5.80. The summed E-state index contributed by atoms with van der Waals surface area (Å²) in [6, 6.07) is 7.42. The predicted octanol–water partition coefficient (Wildman–Crippen LogP) is 1.98. The Labute approximate surface area is 110 Å². The van der Waals surface area contributed by atoms with Gasteiger partial charge in [0.15, 0.2) is 11.5 Å². The third-order valence-corrected chi connectivity index (χ3v) is 2.79. The van der Waals surface area contributed by atoms with Gasteiger partial charge in [-0.05, 0) is 42.8 Å². The largest absolute Gasteiger partial charge is 0.504 e. The molecular weight excluding hydrogens is 244 g/mol. The molecule has 0 saturated heterocycles. The lowest BCUT2D eigenvalue weighted by Crippen LogP contribution is -2.26. The van der Waals surface area contributed by atoms with Gasteiger partial charge in [0.1, 0.15) is 0 Å². The zero-order chi connectivity index (χ0) is 13.8. The smallest absolute Gasteiger partial charge is 0.251 e. The molecule has 19 heavy (non-hydrogen) atoms. The molecule has 1 aromatic carbocycles. The molecular formula is C14H14N2O3. The number of benzene rings is 1. The summed E-state index contributed by atoms with van der Waals surface area (Å²) >= 11 is 0. The van der Waals surface area contributed by atoms with Gasteiger partial charge in [-0.3, -0.25) is 9.78 Å². The maximum Gasteiger partial charge on any atom is 0.251 e. The summed E-state index contributed by atoms with van der Waals surface area (Å²) in [6.07, 6.45) is 3.31. The van der Waals surface area contributed by atoms with Crippen molar-refractivity contribution in [3.8, 4) is 11.5 Å². The average Bonchev–Trinajstić information content (AvgIpc) is 2.42. The Kier molecular flexibility index (Phi) is 3.66. The van der Waals surface area contributed by atoms with Crippen molar-refractivity contribution < 1.29 is 15.0 Å². The van der Waals surface area contributed by atoms with Crippen LogP contribution in [0.25, 0.3) is 0 Å². The van der Waals surface area contributed by atoms with Gasteiger partial charge >= 0.3 is 0 Å². The van der Waals surface area contributed by atoms with Crippen molar-refractivity contribution >= 4 is 5.91 Å². The number of nitrogens with zero attached hydrogens (tertiary/aromatic N) is 1. The summed E-state index contributed by atoms with van der Waals surface area (Å²) in [5.74, 6) is -0.887. The molecule has 1 heterocycles. The zero-order valence-electron chi connectivity index (χ0n) is 10.4. The van der Waals surface area contributed by atoms with Gasteiger partial charge < -0.3 is 15.5 Å². The summed E-state index contributed by atoms with van der Waals surface area (Å²) in [4.78, 5) is 15.9. The number of amides is 1. The number of phenols is 2. The lowest BCUT2D eigenvalue weighted by atomic mass is 10.1. The lowest BCUT2D eigenvalue weighted by Gasteiger charge is -2.14. The van der Waals surface area contributed by atoms with Crippen molar-refractivity contribution in [2.45, 2.75) is 13.0 Å². The number of nitrogens with one attached hydrogen (secondary N) is 1. The predicted molar refractivity (Wildman–Crippen MR) is 69.9 cm³/mol. The minimum atomic E-state index is -0.320. The number of pyridine rings is 1. The van der Waals surface area contributed by atoms with Gasteiger partial charge in [0, 0.05) is 18.0 Å². The Morgan fingerprint density at radius 3 is 2.47 bits per heavy atom. The molecule has 2 aromatic rings. The molecule has 0 bridgehead atoms. The molecule has 0 aliphatic rings. The fourth-order valence-corrected chi connectivity index (χ4v) is 1.68. The number of rotatable bonds is 3. The van der Waals surface area contributed by atoms with Crippen LogP contribution in [0, 0.1) is 0 Å². The second-order valence-corrected chi connectivity index (χ2v) is 4.18. The monoisotopic (exact) mass is 258 g/mol. The molecule has 0 spiro atoms. The molecule has 0 aliphatic carbocycles. The van der Waals surface area contributed by atoms with Crippen LogP contribution >= 0.6 is 0 Å². The van der Waals surface area contributed by atoms with Gasteiger partial charge in [0.05, 0.1) is 6.04 Å². The summed E-state index contributed by atoms with van der Waals surface area (Å²) in [6.45, 7) is 1.85. The van der Waals surface area contributed by atoms with E-state index >= 15 is 0 Å². The van der Waals surface area contributed by atoms with E-state index in [9.17, 15) is 15.0 Å². The zero-order valence-corrected chi connectivity index (χ0v) is 10.4. The quantitative estimate of drug-likeness (QED) is 0.735. The lowest BCUT2D eigenvalue weighted by molar-refractivity contribution is 0.0939. The number of hydrogen-bond donors (Lipinski definition) is 3. The van der Waals surface area contributed by atoms with Crippen LogP contribution in [0.2, 0.25) is 0 Å². The minimum absolute atomic E-state index is 0.175. The van der Waals surface area contributed by atoms with Crippen molar-refractivity contribution in [3.05, 3.63) is 53.9 Å². The van der Waals surface area contributed by atoms with E-state index in [-0.39, 0.29) is 29.0 Å². The van der Waals surface area contributed by atoms with Gasteiger partial charge in [0.25, 0.3) is 5.91 Å². The van der Waals surface area contributed by atoms with Crippen LogP contribution in [0.5, 0.6) is 11.5 Å². The summed E-state index contributed by atoms with van der Waals surface area (Å²) in [5.41, 5.74) is 1.22. The van der Waals surface area contributed by atoms with E-state index in [1.54, 1.807) is 12.4 Å². The standard InChI is InChI=1S/C14H14N2O3/c1-9(10-4-6-15-7-5-10)16-14(19)11-2-3-12(17)13(18)8-11/h2-9,17-18H,1H3,(H,16,19). The van der Waals surface area contributed by atoms with E-state index in [2.05, 4.69) is 10.3 Å². The van der Waals surface area contributed by atoms with E-state index in [4.69, 9.17) is 0 Å². The normalized spacial score (nSPS) is 11.8. The van der Waals surface area contributed by atoms with Crippen molar-refractivity contribution in [3.63, 3.8) is 0 Å². The van der Waals surface area contributed by atoms with E-state index in [1.807, 2.05) is 19.1 Å². The molecule has 0 aliphatic heterocycles. The van der Waals surface area contributed by atoms with Gasteiger partial charge in [-0.2, -0.15) is 0 Å². The highest BCUT2D eigenvalue weighted by molar-refractivity contribution is 5.95. The van der Waals surface area contributed by atoms with Crippen LogP contribution in [0.4, 0.5) is 0 Å². The molecule has 1 amide bonds. The fraction of sp³-hybridized carbons (Fsp3) is 0.143. The topological polar surface area (TPSA) is 82.5 Å². The fourth-order valence-electron chi connectivity index (χ4n) is 1.68. The van der Waals surface area contributed by atoms with E-state index < -0.39 is 0 Å². The van der Waals surface area contributed by atoms with Crippen LogP contribution in [0.15, 0.2) is 42.7 Å². The highest BCUT2D eigenvalue weighted by atomic mass is 16.3. The molecule has 0 saturated carbocycles. The Bertz CT molecular complexity index is 584. The molecule has 1 unspecified atom stereocenters. The maximum atomic E-state index is 12.0. The highest BCUT2D eigenvalue weighted by Crippen LogP contribution is 2.25. The van der Waals surface area contributed by atoms with Crippen molar-refractivity contribution in [1.82, 2.24) is 10.3 Å². The molecule has 0 radical (unpaired) electrons. The Morgan fingerprint density at radius 1 is 1.16 bits per heavy atom. The number of carbonyl (C=O) groups excluding carboxylic acids is 1. The first kappa shape index (κ1) is 12.9. The highest BCUT2D eigenvalue weighted by Gasteiger charge is 2.12. The third-order valence-electron chi connectivity index (χ3n) is 2.79. The van der Waals surface area contributed by atoms with E-state index in [0.717, 1.165) is 5.56 Å². The third kappa shape index (κ3) is 3.01. The van der Waals surface area contributed by atoms with E-state index in [1.165, 1.54) is 18.2 Å². The van der Waals surface area contributed by atoms with E-state index in [0.29, 0.717) is 0 Å². The minimum Gasteiger partial charge on any atom is -0.504 e. The Balaban J connectivity index is 2.11. The molecule has 5 nitrogen and oxygen atoms in total. The van der Waals surface area contributed by atoms with Crippen molar-refractivity contribution in [1.29, 1.82) is 0 Å². The van der Waals surface area contributed by atoms with Gasteiger partial charge in [-0.15, -0.1) is 0 Å². The van der Waals surface area contributed by atoms with Crippen LogP contribution in [0.3, 0.4) is 0 Å². The van der Waals surface area contributed by atoms with Gasteiger partial charge in [0.2, 0.25) is 0 Å². The summed E-state index contributed by atoms with van der Waals surface area (Å²) < 4.78 is 0. The average molecular weight is 258 g/mol. The number of phenolic OH excluding ortho intramolecular Hbond substituents is 2. The molecule has 2 rings (SSSR count). The summed E-state index contributed by atoms with van der Waals surface area (Å²) in [5, 5.41) is 21.4. The van der Waals surface area contributed by atoms with Crippen LogP contribution in [-0.4, -0.2) is 21.1 Å². The molecule has 3 N–H and O–H groups in total. The van der Waals surface area contributed by atoms with Crippen molar-refractivity contribution in [2.24, 2.45) is 0 Å². The SMILES string of the molecule is CC(NC(=O)c1ccc(O)c(O)c1)c1ccncc1. The van der Waals surface area contributed by atoms with Gasteiger partial charge in [-0.1, -0.05) is 0 Å². The number of hydrogen-bond acceptors (Lipinski definition) is 4. The maximum absolute atomic E-state index is 12.0. The molecule has 5 heteroatoms. The Morgan fingerprint density at radius 2 is 1.84 bits per heavy atom. The van der Waals surface area contributed by atoms with Crippen LogP contribution in [0.1, 0.15) is 28.9 Å². The number of aromatic nitrogens is 1. The first-order valence-electron chi connectivity index (χ1n) is 5.80. The van der Waals surface area contributed by atoms with Gasteiger partial charge in [-0.25, -0.2) is 0 Å². The van der Waals surface area contributed by atoms with Crippen LogP contribution in [-0.2, 0) is 0 Å². The van der Waals surface area contributed by atoms with Crippen LogP contribution < -0.4 is 5.32 Å². The molecule has 0 fully saturated rings. The number of aromatic hydroxyl groups is 2. The second-order valence-electron chi connectivity index (χ2n) is 4.18.